The van der Waals surface area contributed by atoms with Gasteiger partial charge in [-0.25, -0.2) is 0 Å². The van der Waals surface area contributed by atoms with Crippen molar-refractivity contribution in [1.82, 2.24) is 0 Å². The standard InChI is InChI=1S/C14H22O2/c1-4-5-12-6-8-13(9-7-12)10-11-14(15-2)16-3/h6-9,14H,4-5,10-11H2,1-3H3. The second-order valence-corrected chi connectivity index (χ2v) is 4.01. The first-order valence-corrected chi connectivity index (χ1v) is 5.93. The normalized spacial score (nSPS) is 11.0. The van der Waals surface area contributed by atoms with E-state index in [2.05, 4.69) is 31.2 Å². The Bertz CT molecular complexity index is 275. The van der Waals surface area contributed by atoms with Crippen molar-refractivity contribution in [2.75, 3.05) is 14.2 Å². The van der Waals surface area contributed by atoms with Crippen molar-refractivity contribution in [2.24, 2.45) is 0 Å². The van der Waals surface area contributed by atoms with E-state index in [1.807, 2.05) is 0 Å². The van der Waals surface area contributed by atoms with Crippen LogP contribution in [0.1, 0.15) is 30.9 Å². The van der Waals surface area contributed by atoms with Gasteiger partial charge in [0, 0.05) is 20.6 Å². The lowest BCUT2D eigenvalue weighted by atomic mass is 10.0. The van der Waals surface area contributed by atoms with Gasteiger partial charge in [0.15, 0.2) is 6.29 Å². The minimum Gasteiger partial charge on any atom is -0.356 e. The first-order chi connectivity index (χ1) is 7.80. The molecule has 1 aromatic carbocycles. The molecule has 0 spiro atoms. The number of ether oxygens (including phenoxy) is 2. The molecule has 1 aromatic rings. The SMILES string of the molecule is CCCc1ccc(CCC(OC)OC)cc1. The van der Waals surface area contributed by atoms with Crippen molar-refractivity contribution in [1.29, 1.82) is 0 Å². The maximum Gasteiger partial charge on any atom is 0.157 e. The average molecular weight is 222 g/mol. The van der Waals surface area contributed by atoms with Gasteiger partial charge in [-0.2, -0.15) is 0 Å². The van der Waals surface area contributed by atoms with Crippen molar-refractivity contribution in [2.45, 2.75) is 38.9 Å². The fraction of sp³-hybridized carbons (Fsp3) is 0.571. The van der Waals surface area contributed by atoms with Gasteiger partial charge in [0.05, 0.1) is 0 Å². The summed E-state index contributed by atoms with van der Waals surface area (Å²) in [5.74, 6) is 0. The lowest BCUT2D eigenvalue weighted by Crippen LogP contribution is -2.13. The highest BCUT2D eigenvalue weighted by Crippen LogP contribution is 2.10. The summed E-state index contributed by atoms with van der Waals surface area (Å²) < 4.78 is 10.3. The zero-order chi connectivity index (χ0) is 11.8. The van der Waals surface area contributed by atoms with Crippen LogP contribution in [0, 0.1) is 0 Å². The van der Waals surface area contributed by atoms with Crippen LogP contribution < -0.4 is 0 Å². The zero-order valence-electron chi connectivity index (χ0n) is 10.5. The summed E-state index contributed by atoms with van der Waals surface area (Å²) in [6.07, 6.45) is 4.18. The average Bonchev–Trinajstić information content (AvgIpc) is 2.33. The molecule has 0 radical (unpaired) electrons. The third-order valence-electron chi connectivity index (χ3n) is 2.76. The van der Waals surface area contributed by atoms with Gasteiger partial charge in [-0.1, -0.05) is 37.6 Å². The Labute approximate surface area is 98.6 Å². The smallest absolute Gasteiger partial charge is 0.157 e. The number of hydrogen-bond acceptors (Lipinski definition) is 2. The molecule has 0 unspecified atom stereocenters. The second kappa shape index (κ2) is 7.42. The van der Waals surface area contributed by atoms with Gasteiger partial charge in [-0.15, -0.1) is 0 Å². The van der Waals surface area contributed by atoms with E-state index < -0.39 is 0 Å². The number of rotatable bonds is 7. The van der Waals surface area contributed by atoms with Crippen molar-refractivity contribution in [3.8, 4) is 0 Å². The maximum absolute atomic E-state index is 5.16. The molecule has 0 bridgehead atoms. The van der Waals surface area contributed by atoms with Crippen LogP contribution in [0.5, 0.6) is 0 Å². The van der Waals surface area contributed by atoms with Gasteiger partial charge in [0.1, 0.15) is 0 Å². The van der Waals surface area contributed by atoms with Gasteiger partial charge >= 0.3 is 0 Å². The third kappa shape index (κ3) is 4.33. The highest BCUT2D eigenvalue weighted by molar-refractivity contribution is 5.22. The highest BCUT2D eigenvalue weighted by atomic mass is 16.7. The number of benzene rings is 1. The predicted octanol–water partition coefficient (Wildman–Crippen LogP) is 3.19. The molecule has 0 aliphatic heterocycles. The molecule has 2 heteroatoms. The van der Waals surface area contributed by atoms with Crippen molar-refractivity contribution >= 4 is 0 Å². The van der Waals surface area contributed by atoms with Crippen LogP contribution in [0.2, 0.25) is 0 Å². The molecular weight excluding hydrogens is 200 g/mol. The third-order valence-corrected chi connectivity index (χ3v) is 2.76. The van der Waals surface area contributed by atoms with E-state index in [0.29, 0.717) is 0 Å². The number of aryl methyl sites for hydroxylation is 2. The quantitative estimate of drug-likeness (QED) is 0.660. The van der Waals surface area contributed by atoms with Crippen LogP contribution in [0.3, 0.4) is 0 Å². The predicted molar refractivity (Wildman–Crippen MR) is 66.6 cm³/mol. The van der Waals surface area contributed by atoms with Gasteiger partial charge in [0.2, 0.25) is 0 Å². The lowest BCUT2D eigenvalue weighted by Gasteiger charge is -2.12. The fourth-order valence-electron chi connectivity index (χ4n) is 1.78. The Morgan fingerprint density at radius 1 is 0.938 bits per heavy atom. The molecule has 0 amide bonds. The first kappa shape index (κ1) is 13.2. The van der Waals surface area contributed by atoms with Crippen LogP contribution in [0.15, 0.2) is 24.3 Å². The van der Waals surface area contributed by atoms with E-state index in [1.165, 1.54) is 24.0 Å². The summed E-state index contributed by atoms with van der Waals surface area (Å²) in [7, 11) is 3.36. The lowest BCUT2D eigenvalue weighted by molar-refractivity contribution is -0.105. The molecule has 0 N–H and O–H groups in total. The Hall–Kier alpha value is -0.860. The van der Waals surface area contributed by atoms with Crippen LogP contribution in [-0.2, 0) is 22.3 Å². The summed E-state index contributed by atoms with van der Waals surface area (Å²) in [4.78, 5) is 0. The Morgan fingerprint density at radius 2 is 1.44 bits per heavy atom. The largest absolute Gasteiger partial charge is 0.356 e. The second-order valence-electron chi connectivity index (χ2n) is 4.01. The molecule has 90 valence electrons. The summed E-state index contributed by atoms with van der Waals surface area (Å²) in [5, 5.41) is 0. The van der Waals surface area contributed by atoms with Crippen molar-refractivity contribution in [3.05, 3.63) is 35.4 Å². The van der Waals surface area contributed by atoms with Gasteiger partial charge < -0.3 is 9.47 Å². The van der Waals surface area contributed by atoms with Gasteiger partial charge in [-0.3, -0.25) is 0 Å². The molecule has 0 saturated heterocycles. The van der Waals surface area contributed by atoms with Crippen molar-refractivity contribution in [3.63, 3.8) is 0 Å². The molecule has 0 heterocycles. The minimum atomic E-state index is -0.0877. The molecule has 0 atom stereocenters. The van der Waals surface area contributed by atoms with Crippen LogP contribution in [0.4, 0.5) is 0 Å². The van der Waals surface area contributed by atoms with Crippen molar-refractivity contribution < 1.29 is 9.47 Å². The van der Waals surface area contributed by atoms with E-state index in [0.717, 1.165) is 12.8 Å². The van der Waals surface area contributed by atoms with E-state index in [9.17, 15) is 0 Å². The molecule has 1 rings (SSSR count). The molecule has 2 nitrogen and oxygen atoms in total. The summed E-state index contributed by atoms with van der Waals surface area (Å²) in [6.45, 7) is 2.20. The van der Waals surface area contributed by atoms with E-state index in [-0.39, 0.29) is 6.29 Å². The summed E-state index contributed by atoms with van der Waals surface area (Å²) >= 11 is 0. The molecule has 0 aromatic heterocycles. The molecule has 0 aliphatic rings. The Kier molecular flexibility index (Phi) is 6.12. The first-order valence-electron chi connectivity index (χ1n) is 5.93. The molecular formula is C14H22O2. The molecule has 0 fully saturated rings. The van der Waals surface area contributed by atoms with Crippen LogP contribution in [0.25, 0.3) is 0 Å². The van der Waals surface area contributed by atoms with Crippen LogP contribution >= 0.6 is 0 Å². The van der Waals surface area contributed by atoms with Crippen LogP contribution in [-0.4, -0.2) is 20.5 Å². The zero-order valence-corrected chi connectivity index (χ0v) is 10.5. The summed E-state index contributed by atoms with van der Waals surface area (Å²) in [6, 6.07) is 8.83. The molecule has 0 aliphatic carbocycles. The molecule has 0 saturated carbocycles. The van der Waals surface area contributed by atoms with E-state index in [4.69, 9.17) is 9.47 Å². The van der Waals surface area contributed by atoms with Gasteiger partial charge in [0.25, 0.3) is 0 Å². The molecule has 16 heavy (non-hydrogen) atoms. The maximum atomic E-state index is 5.16. The number of hydrogen-bond donors (Lipinski definition) is 0. The minimum absolute atomic E-state index is 0.0877. The summed E-state index contributed by atoms with van der Waals surface area (Å²) in [5.41, 5.74) is 2.76. The van der Waals surface area contributed by atoms with E-state index >= 15 is 0 Å². The van der Waals surface area contributed by atoms with Gasteiger partial charge in [-0.05, 0) is 24.0 Å². The number of methoxy groups -OCH3 is 2. The highest BCUT2D eigenvalue weighted by Gasteiger charge is 2.04. The topological polar surface area (TPSA) is 18.5 Å². The monoisotopic (exact) mass is 222 g/mol. The Morgan fingerprint density at radius 3 is 1.88 bits per heavy atom. The fourth-order valence-corrected chi connectivity index (χ4v) is 1.78. The van der Waals surface area contributed by atoms with E-state index in [1.54, 1.807) is 14.2 Å². The Balaban J connectivity index is 2.42.